The molecule has 148 valence electrons. The van der Waals surface area contributed by atoms with Crippen LogP contribution in [0.25, 0.3) is 11.0 Å². The SMILES string of the molecule is CCCCN(CCCC)Cc1cc(Nc2cnc3ccccc3n2)ccc1O. The number of rotatable bonds is 10. The fraction of sp³-hybridized carbons (Fsp3) is 0.391. The molecule has 0 amide bonds. The maximum Gasteiger partial charge on any atom is 0.149 e. The van der Waals surface area contributed by atoms with Crippen LogP contribution in [-0.2, 0) is 6.54 Å². The quantitative estimate of drug-likeness (QED) is 0.457. The van der Waals surface area contributed by atoms with Crippen LogP contribution < -0.4 is 5.32 Å². The van der Waals surface area contributed by atoms with E-state index in [0.29, 0.717) is 11.6 Å². The number of hydrogen-bond acceptors (Lipinski definition) is 5. The molecule has 3 aromatic rings. The van der Waals surface area contributed by atoms with Crippen LogP contribution in [0.3, 0.4) is 0 Å². The van der Waals surface area contributed by atoms with Crippen LogP contribution >= 0.6 is 0 Å². The van der Waals surface area contributed by atoms with Crippen LogP contribution in [-0.4, -0.2) is 33.1 Å². The molecule has 0 radical (unpaired) electrons. The topological polar surface area (TPSA) is 61.3 Å². The van der Waals surface area contributed by atoms with Crippen molar-refractivity contribution in [1.82, 2.24) is 14.9 Å². The Balaban J connectivity index is 1.75. The van der Waals surface area contributed by atoms with E-state index in [1.54, 1.807) is 12.3 Å². The van der Waals surface area contributed by atoms with E-state index < -0.39 is 0 Å². The number of fused-ring (bicyclic) bond motifs is 1. The van der Waals surface area contributed by atoms with Gasteiger partial charge in [0.25, 0.3) is 0 Å². The van der Waals surface area contributed by atoms with Gasteiger partial charge in [0.1, 0.15) is 11.6 Å². The number of aromatic hydroxyl groups is 1. The first-order valence-corrected chi connectivity index (χ1v) is 10.2. The second kappa shape index (κ2) is 10.0. The summed E-state index contributed by atoms with van der Waals surface area (Å²) in [6.45, 7) is 7.30. The minimum Gasteiger partial charge on any atom is -0.508 e. The Kier molecular flexibility index (Phi) is 7.20. The molecule has 0 saturated carbocycles. The van der Waals surface area contributed by atoms with Gasteiger partial charge in [-0.15, -0.1) is 0 Å². The lowest BCUT2D eigenvalue weighted by atomic mass is 10.1. The number of anilines is 2. The number of nitrogens with one attached hydrogen (secondary N) is 1. The molecule has 28 heavy (non-hydrogen) atoms. The minimum absolute atomic E-state index is 0.341. The summed E-state index contributed by atoms with van der Waals surface area (Å²) in [7, 11) is 0. The number of phenols is 1. The van der Waals surface area contributed by atoms with E-state index >= 15 is 0 Å². The molecule has 0 unspecified atom stereocenters. The van der Waals surface area contributed by atoms with E-state index in [1.807, 2.05) is 36.4 Å². The van der Waals surface area contributed by atoms with Gasteiger partial charge in [-0.3, -0.25) is 9.88 Å². The molecular weight excluding hydrogens is 348 g/mol. The van der Waals surface area contributed by atoms with Crippen LogP contribution in [0.1, 0.15) is 45.1 Å². The highest BCUT2D eigenvalue weighted by atomic mass is 16.3. The minimum atomic E-state index is 0.341. The summed E-state index contributed by atoms with van der Waals surface area (Å²) >= 11 is 0. The Hall–Kier alpha value is -2.66. The summed E-state index contributed by atoms with van der Waals surface area (Å²) in [6, 6.07) is 13.5. The molecule has 5 heteroatoms. The smallest absolute Gasteiger partial charge is 0.149 e. The first-order chi connectivity index (χ1) is 13.7. The summed E-state index contributed by atoms with van der Waals surface area (Å²) < 4.78 is 0. The fourth-order valence-electron chi connectivity index (χ4n) is 3.23. The summed E-state index contributed by atoms with van der Waals surface area (Å²) in [5.74, 6) is 1.04. The summed E-state index contributed by atoms with van der Waals surface area (Å²) in [5.41, 5.74) is 3.58. The number of nitrogens with zero attached hydrogens (tertiary/aromatic N) is 3. The van der Waals surface area contributed by atoms with Gasteiger partial charge in [-0.25, -0.2) is 4.98 Å². The molecule has 1 aromatic heterocycles. The number of aromatic nitrogens is 2. The summed E-state index contributed by atoms with van der Waals surface area (Å²) in [4.78, 5) is 11.5. The Morgan fingerprint density at radius 2 is 1.68 bits per heavy atom. The number of benzene rings is 2. The average Bonchev–Trinajstić information content (AvgIpc) is 2.72. The van der Waals surface area contributed by atoms with Crippen LogP contribution in [0, 0.1) is 0 Å². The Labute approximate surface area is 167 Å². The monoisotopic (exact) mass is 378 g/mol. The molecule has 0 aliphatic carbocycles. The maximum absolute atomic E-state index is 10.4. The van der Waals surface area contributed by atoms with Crippen molar-refractivity contribution < 1.29 is 5.11 Å². The van der Waals surface area contributed by atoms with E-state index in [0.717, 1.165) is 41.9 Å². The standard InChI is InChI=1S/C23H30N4O/c1-3-5-13-27(14-6-4-2)17-18-15-19(11-12-22(18)28)25-23-16-24-20-9-7-8-10-21(20)26-23/h7-12,15-16,28H,3-6,13-14,17H2,1-2H3,(H,25,26). The van der Waals surface area contributed by atoms with Crippen molar-refractivity contribution in [2.24, 2.45) is 0 Å². The molecule has 1 heterocycles. The largest absolute Gasteiger partial charge is 0.508 e. The fourth-order valence-corrected chi connectivity index (χ4v) is 3.23. The second-order valence-electron chi connectivity index (χ2n) is 7.20. The van der Waals surface area contributed by atoms with Crippen LogP contribution in [0.5, 0.6) is 5.75 Å². The van der Waals surface area contributed by atoms with Crippen molar-refractivity contribution >= 4 is 22.5 Å². The summed E-state index contributed by atoms with van der Waals surface area (Å²) in [6.07, 6.45) is 6.45. The number of phenolic OH excluding ortho intramolecular Hbond substituents is 1. The third-order valence-electron chi connectivity index (χ3n) is 4.85. The van der Waals surface area contributed by atoms with Gasteiger partial charge in [0, 0.05) is 17.8 Å². The number of hydrogen-bond donors (Lipinski definition) is 2. The van der Waals surface area contributed by atoms with Gasteiger partial charge < -0.3 is 10.4 Å². The van der Waals surface area contributed by atoms with Crippen molar-refractivity contribution in [3.05, 3.63) is 54.2 Å². The molecule has 5 nitrogen and oxygen atoms in total. The van der Waals surface area contributed by atoms with E-state index in [4.69, 9.17) is 0 Å². The Morgan fingerprint density at radius 3 is 2.39 bits per heavy atom. The zero-order valence-electron chi connectivity index (χ0n) is 16.9. The number of para-hydroxylation sites is 2. The van der Waals surface area contributed by atoms with Gasteiger partial charge in [0.2, 0.25) is 0 Å². The second-order valence-corrected chi connectivity index (χ2v) is 7.20. The molecule has 0 saturated heterocycles. The lowest BCUT2D eigenvalue weighted by Crippen LogP contribution is -2.25. The molecule has 3 rings (SSSR count). The molecule has 0 aliphatic heterocycles. The van der Waals surface area contributed by atoms with Crippen molar-refractivity contribution in [1.29, 1.82) is 0 Å². The van der Waals surface area contributed by atoms with Gasteiger partial charge in [-0.2, -0.15) is 0 Å². The van der Waals surface area contributed by atoms with Crippen LogP contribution in [0.15, 0.2) is 48.7 Å². The Morgan fingerprint density at radius 1 is 0.964 bits per heavy atom. The van der Waals surface area contributed by atoms with Gasteiger partial charge in [0.15, 0.2) is 0 Å². The molecule has 0 fully saturated rings. The van der Waals surface area contributed by atoms with E-state index in [9.17, 15) is 5.11 Å². The molecule has 2 N–H and O–H groups in total. The van der Waals surface area contributed by atoms with E-state index in [-0.39, 0.29) is 0 Å². The van der Waals surface area contributed by atoms with Crippen molar-refractivity contribution in [2.75, 3.05) is 18.4 Å². The Bertz CT molecular complexity index is 889. The third-order valence-corrected chi connectivity index (χ3v) is 4.85. The molecule has 2 aromatic carbocycles. The molecule has 0 spiro atoms. The van der Waals surface area contributed by atoms with Crippen LogP contribution in [0.4, 0.5) is 11.5 Å². The van der Waals surface area contributed by atoms with Crippen molar-refractivity contribution in [2.45, 2.75) is 46.1 Å². The predicted octanol–water partition coefficient (Wildman–Crippen LogP) is 5.48. The average molecular weight is 379 g/mol. The highest BCUT2D eigenvalue weighted by molar-refractivity contribution is 5.76. The zero-order valence-corrected chi connectivity index (χ0v) is 16.9. The number of unbranched alkanes of at least 4 members (excludes halogenated alkanes) is 2. The van der Waals surface area contributed by atoms with E-state index in [1.165, 1.54) is 25.7 Å². The zero-order chi connectivity index (χ0) is 19.8. The first kappa shape index (κ1) is 20.1. The van der Waals surface area contributed by atoms with Gasteiger partial charge >= 0.3 is 0 Å². The van der Waals surface area contributed by atoms with Crippen molar-refractivity contribution in [3.8, 4) is 5.75 Å². The maximum atomic E-state index is 10.4. The third kappa shape index (κ3) is 5.42. The highest BCUT2D eigenvalue weighted by Crippen LogP contribution is 2.25. The molecule has 0 aliphatic rings. The predicted molar refractivity (Wildman–Crippen MR) is 116 cm³/mol. The normalized spacial score (nSPS) is 11.2. The summed E-state index contributed by atoms with van der Waals surface area (Å²) in [5, 5.41) is 13.7. The first-order valence-electron chi connectivity index (χ1n) is 10.2. The van der Waals surface area contributed by atoms with Gasteiger partial charge in [0.05, 0.1) is 17.2 Å². The van der Waals surface area contributed by atoms with E-state index in [2.05, 4.69) is 34.0 Å². The van der Waals surface area contributed by atoms with Gasteiger partial charge in [-0.1, -0.05) is 38.8 Å². The lowest BCUT2D eigenvalue weighted by molar-refractivity contribution is 0.254. The molecule has 0 bridgehead atoms. The lowest BCUT2D eigenvalue weighted by Gasteiger charge is -2.23. The van der Waals surface area contributed by atoms with Gasteiger partial charge in [-0.05, 0) is 56.3 Å². The molecule has 0 atom stereocenters. The highest BCUT2D eigenvalue weighted by Gasteiger charge is 2.10. The van der Waals surface area contributed by atoms with Crippen molar-refractivity contribution in [3.63, 3.8) is 0 Å². The molecular formula is C23H30N4O. The van der Waals surface area contributed by atoms with Crippen LogP contribution in [0.2, 0.25) is 0 Å².